The number of urea groups is 1. The Morgan fingerprint density at radius 1 is 1.32 bits per heavy atom. The maximum absolute atomic E-state index is 12.3. The van der Waals surface area contributed by atoms with Crippen LogP contribution in [-0.2, 0) is 17.8 Å². The van der Waals surface area contributed by atoms with Gasteiger partial charge in [0.15, 0.2) is 5.13 Å². The molecule has 3 heterocycles. The van der Waals surface area contributed by atoms with Gasteiger partial charge < -0.3 is 20.5 Å². The number of hydrogen-bond acceptors (Lipinski definition) is 4. The van der Waals surface area contributed by atoms with Gasteiger partial charge in [-0.25, -0.2) is 9.78 Å². The van der Waals surface area contributed by atoms with Crippen LogP contribution in [0.15, 0.2) is 35.8 Å². The number of benzene rings is 1. The van der Waals surface area contributed by atoms with Crippen LogP contribution in [0.25, 0.3) is 10.9 Å². The molecule has 0 bridgehead atoms. The number of rotatable bonds is 3. The molecule has 8 heteroatoms. The van der Waals surface area contributed by atoms with Crippen molar-refractivity contribution in [3.63, 3.8) is 0 Å². The summed E-state index contributed by atoms with van der Waals surface area (Å²) in [5, 5.41) is 8.84. The van der Waals surface area contributed by atoms with E-state index in [2.05, 4.69) is 26.7 Å². The fraction of sp³-hybridized carbons (Fsp3) is 0.235. The molecule has 0 atom stereocenters. The lowest BCUT2D eigenvalue weighted by Gasteiger charge is -2.27. The third-order valence-corrected chi connectivity index (χ3v) is 4.94. The molecule has 0 aliphatic carbocycles. The van der Waals surface area contributed by atoms with Crippen molar-refractivity contribution >= 4 is 39.3 Å². The number of thiazole rings is 1. The number of nitrogens with zero attached hydrogens (tertiary/aromatic N) is 2. The van der Waals surface area contributed by atoms with Gasteiger partial charge in [0.25, 0.3) is 0 Å². The summed E-state index contributed by atoms with van der Waals surface area (Å²) in [7, 11) is 0. The number of H-pyrrole nitrogens is 1. The number of carbonyl (C=O) groups excluding carboxylic acids is 2. The maximum Gasteiger partial charge on any atom is 0.318 e. The van der Waals surface area contributed by atoms with Gasteiger partial charge in [-0.05, 0) is 18.1 Å². The van der Waals surface area contributed by atoms with Crippen molar-refractivity contribution in [3.05, 3.63) is 47.1 Å². The van der Waals surface area contributed by atoms with Gasteiger partial charge in [-0.2, -0.15) is 0 Å². The highest BCUT2D eigenvalue weighted by Crippen LogP contribution is 2.27. The summed E-state index contributed by atoms with van der Waals surface area (Å²) >= 11 is 1.34. The lowest BCUT2D eigenvalue weighted by atomic mass is 10.0. The molecule has 7 nitrogen and oxygen atoms in total. The molecule has 3 aromatic rings. The van der Waals surface area contributed by atoms with Crippen LogP contribution in [0, 0.1) is 0 Å². The number of carbonyl (C=O) groups is 2. The van der Waals surface area contributed by atoms with Crippen LogP contribution in [0.3, 0.4) is 0 Å². The standard InChI is InChI=1S/C17H17N5O2S/c23-15(21-16-18-6-8-25-16)9-19-17(24)22-7-5-12-11-3-1-2-4-13(11)20-14(12)10-22/h1-4,6,8,20H,5,7,9-10H2,(H,19,24)(H,18,21,23). The van der Waals surface area contributed by atoms with Crippen LogP contribution < -0.4 is 10.6 Å². The molecule has 2 aromatic heterocycles. The lowest BCUT2D eigenvalue weighted by Crippen LogP contribution is -2.45. The zero-order chi connectivity index (χ0) is 17.2. The number of amides is 3. The van der Waals surface area contributed by atoms with Crippen LogP contribution in [0.1, 0.15) is 11.3 Å². The first-order valence-electron chi connectivity index (χ1n) is 8.01. The van der Waals surface area contributed by atoms with Crippen LogP contribution in [0.4, 0.5) is 9.93 Å². The van der Waals surface area contributed by atoms with Gasteiger partial charge in [0.1, 0.15) is 0 Å². The highest BCUT2D eigenvalue weighted by Gasteiger charge is 2.24. The van der Waals surface area contributed by atoms with E-state index in [1.165, 1.54) is 22.3 Å². The summed E-state index contributed by atoms with van der Waals surface area (Å²) in [6, 6.07) is 7.93. The first-order valence-corrected chi connectivity index (χ1v) is 8.89. The second-order valence-electron chi connectivity index (χ2n) is 5.84. The van der Waals surface area contributed by atoms with E-state index >= 15 is 0 Å². The fourth-order valence-corrected chi connectivity index (χ4v) is 3.63. The van der Waals surface area contributed by atoms with E-state index in [1.54, 1.807) is 16.5 Å². The number of fused-ring (bicyclic) bond motifs is 3. The normalized spacial score (nSPS) is 13.5. The van der Waals surface area contributed by atoms with Gasteiger partial charge >= 0.3 is 6.03 Å². The van der Waals surface area contributed by atoms with Crippen LogP contribution in [0.5, 0.6) is 0 Å². The summed E-state index contributed by atoms with van der Waals surface area (Å²) in [4.78, 5) is 33.3. The Morgan fingerprint density at radius 3 is 3.04 bits per heavy atom. The Hall–Kier alpha value is -2.87. The van der Waals surface area contributed by atoms with Gasteiger partial charge in [0.05, 0.1) is 13.1 Å². The summed E-state index contributed by atoms with van der Waals surface area (Å²) in [5.74, 6) is -0.286. The second-order valence-corrected chi connectivity index (χ2v) is 6.74. The van der Waals surface area contributed by atoms with Crippen molar-refractivity contribution in [1.82, 2.24) is 20.2 Å². The van der Waals surface area contributed by atoms with Gasteiger partial charge in [-0.1, -0.05) is 18.2 Å². The first kappa shape index (κ1) is 15.6. The second kappa shape index (κ2) is 6.56. The van der Waals surface area contributed by atoms with Crippen molar-refractivity contribution < 1.29 is 9.59 Å². The molecule has 0 fully saturated rings. The van der Waals surface area contributed by atoms with Gasteiger partial charge in [0.2, 0.25) is 5.91 Å². The van der Waals surface area contributed by atoms with Gasteiger partial charge in [-0.3, -0.25) is 4.79 Å². The minimum absolute atomic E-state index is 0.0749. The van der Waals surface area contributed by atoms with E-state index in [9.17, 15) is 9.59 Å². The highest BCUT2D eigenvalue weighted by molar-refractivity contribution is 7.13. The minimum atomic E-state index is -0.286. The molecule has 0 saturated carbocycles. The average molecular weight is 355 g/mol. The Morgan fingerprint density at radius 2 is 2.20 bits per heavy atom. The quantitative estimate of drug-likeness (QED) is 0.673. The molecule has 0 radical (unpaired) electrons. The fourth-order valence-electron chi connectivity index (χ4n) is 3.08. The van der Waals surface area contributed by atoms with Crippen molar-refractivity contribution in [2.24, 2.45) is 0 Å². The third kappa shape index (κ3) is 3.20. The van der Waals surface area contributed by atoms with Crippen LogP contribution in [0.2, 0.25) is 0 Å². The molecule has 3 amide bonds. The molecule has 0 saturated heterocycles. The summed E-state index contributed by atoms with van der Waals surface area (Å²) in [6.45, 7) is 1.08. The van der Waals surface area contributed by atoms with E-state index in [-0.39, 0.29) is 18.5 Å². The predicted molar refractivity (Wildman–Crippen MR) is 96.6 cm³/mol. The predicted octanol–water partition coefficient (Wildman–Crippen LogP) is 2.33. The molecular weight excluding hydrogens is 338 g/mol. The molecule has 25 heavy (non-hydrogen) atoms. The van der Waals surface area contributed by atoms with Crippen molar-refractivity contribution in [1.29, 1.82) is 0 Å². The zero-order valence-electron chi connectivity index (χ0n) is 13.4. The molecule has 0 spiro atoms. The molecule has 4 rings (SSSR count). The lowest BCUT2D eigenvalue weighted by molar-refractivity contribution is -0.115. The molecule has 3 N–H and O–H groups in total. The Balaban J connectivity index is 1.36. The molecule has 128 valence electrons. The SMILES string of the molecule is O=C(CNC(=O)N1CCc2c([nH]c3ccccc23)C1)Nc1nccs1. The Labute approximate surface area is 148 Å². The first-order chi connectivity index (χ1) is 12.2. The number of anilines is 1. The zero-order valence-corrected chi connectivity index (χ0v) is 14.2. The Bertz CT molecular complexity index is 918. The summed E-state index contributed by atoms with van der Waals surface area (Å²) < 4.78 is 0. The van der Waals surface area contributed by atoms with Crippen molar-refractivity contribution in [3.8, 4) is 0 Å². The topological polar surface area (TPSA) is 90.1 Å². The van der Waals surface area contributed by atoms with E-state index < -0.39 is 0 Å². The minimum Gasteiger partial charge on any atom is -0.357 e. The van der Waals surface area contributed by atoms with Gasteiger partial charge in [-0.15, -0.1) is 11.3 Å². The van der Waals surface area contributed by atoms with Crippen molar-refractivity contribution in [2.45, 2.75) is 13.0 Å². The van der Waals surface area contributed by atoms with E-state index in [1.807, 2.05) is 18.2 Å². The number of nitrogens with one attached hydrogen (secondary N) is 3. The molecule has 1 aliphatic rings. The van der Waals surface area contributed by atoms with Crippen LogP contribution >= 0.6 is 11.3 Å². The van der Waals surface area contributed by atoms with Gasteiger partial charge in [0, 0.05) is 34.7 Å². The number of aromatic amines is 1. The van der Waals surface area contributed by atoms with E-state index in [0.717, 1.165) is 17.6 Å². The maximum atomic E-state index is 12.3. The average Bonchev–Trinajstić information content (AvgIpc) is 3.26. The third-order valence-electron chi connectivity index (χ3n) is 4.25. The monoisotopic (exact) mass is 355 g/mol. The van der Waals surface area contributed by atoms with Crippen molar-refractivity contribution in [2.75, 3.05) is 18.4 Å². The smallest absolute Gasteiger partial charge is 0.318 e. The van der Waals surface area contributed by atoms with E-state index in [0.29, 0.717) is 18.2 Å². The molecule has 1 aromatic carbocycles. The summed E-state index contributed by atoms with van der Waals surface area (Å²) in [6.07, 6.45) is 2.42. The molecule has 1 aliphatic heterocycles. The largest absolute Gasteiger partial charge is 0.357 e. The number of aromatic nitrogens is 2. The number of para-hydroxylation sites is 1. The van der Waals surface area contributed by atoms with E-state index in [4.69, 9.17) is 0 Å². The molecular formula is C17H17N5O2S. The molecule has 0 unspecified atom stereocenters. The van der Waals surface area contributed by atoms with Crippen LogP contribution in [-0.4, -0.2) is 39.9 Å². The Kier molecular flexibility index (Phi) is 4.10. The summed E-state index contributed by atoms with van der Waals surface area (Å²) in [5.41, 5.74) is 3.44. The number of hydrogen-bond donors (Lipinski definition) is 3. The highest BCUT2D eigenvalue weighted by atomic mass is 32.1.